The molecule has 0 radical (unpaired) electrons. The van der Waals surface area contributed by atoms with E-state index >= 15 is 0 Å². The summed E-state index contributed by atoms with van der Waals surface area (Å²) in [5, 5.41) is 37.6. The van der Waals surface area contributed by atoms with Gasteiger partial charge < -0.3 is 30.5 Å². The van der Waals surface area contributed by atoms with Crippen LogP contribution in [-0.4, -0.2) is 53.6 Å². The van der Waals surface area contributed by atoms with Crippen LogP contribution < -0.4 is 40.0 Å². The molecule has 0 rings (SSSR count). The molecule has 4 N–H and O–H groups in total. The van der Waals surface area contributed by atoms with Crippen molar-refractivity contribution in [2.24, 2.45) is 5.41 Å². The third kappa shape index (κ3) is 9.81. The van der Waals surface area contributed by atoms with Crippen molar-refractivity contribution in [3.05, 3.63) is 0 Å². The van der Waals surface area contributed by atoms with Gasteiger partial charge in [0, 0.05) is 31.5 Å². The number of aliphatic hydroxyl groups is 3. The zero-order chi connectivity index (χ0) is 14.1. The van der Waals surface area contributed by atoms with Gasteiger partial charge in [0.05, 0.1) is 6.61 Å². The molecule has 0 heterocycles. The van der Waals surface area contributed by atoms with E-state index in [4.69, 9.17) is 10.2 Å². The fourth-order valence-corrected chi connectivity index (χ4v) is 0.826. The minimum atomic E-state index is -1.37. The minimum absolute atomic E-state index is 0. The summed E-state index contributed by atoms with van der Waals surface area (Å²) >= 11 is 0. The summed E-state index contributed by atoms with van der Waals surface area (Å²) in [6, 6.07) is 0. The molecular formula is C10H20NNaO6. The number of carbonyl (C=O) groups is 2. The van der Waals surface area contributed by atoms with Crippen molar-refractivity contribution >= 4 is 11.9 Å². The zero-order valence-electron chi connectivity index (χ0n) is 11.3. The maximum Gasteiger partial charge on any atom is 1.00 e. The Kier molecular flexibility index (Phi) is 15.2. The number of aliphatic carboxylic acids is 1. The number of carboxylic acid groups (broad SMARTS) is 1. The molecule has 0 aromatic rings. The fraction of sp³-hybridized carbons (Fsp3) is 0.800. The van der Waals surface area contributed by atoms with Gasteiger partial charge in [-0.3, -0.25) is 4.79 Å². The molecule has 1 atom stereocenters. The van der Waals surface area contributed by atoms with E-state index in [1.165, 1.54) is 13.8 Å². The predicted molar refractivity (Wildman–Crippen MR) is 57.7 cm³/mol. The first-order valence-corrected chi connectivity index (χ1v) is 5.02. The van der Waals surface area contributed by atoms with Crippen LogP contribution in [0.2, 0.25) is 0 Å². The van der Waals surface area contributed by atoms with Crippen LogP contribution >= 0.6 is 0 Å². The standard InChI is InChI=1S/C9H17NO5.CH4O.Na/c1-9(2,5-11)7(14)8(15)10-4-3-6(12)13;1-2;/h7,11,14H,3-5H2,1-2H3,(H,10,15)(H,12,13);2H,1H3;/q;;+1/p-1. The van der Waals surface area contributed by atoms with E-state index in [-0.39, 0.29) is 49.1 Å². The number of nitrogens with one attached hydrogen (secondary N) is 1. The van der Waals surface area contributed by atoms with Crippen LogP contribution in [0, 0.1) is 5.41 Å². The largest absolute Gasteiger partial charge is 1.00 e. The molecule has 0 aromatic heterocycles. The molecule has 0 aliphatic heterocycles. The molecule has 0 aromatic carbocycles. The van der Waals surface area contributed by atoms with Crippen molar-refractivity contribution in [2.75, 3.05) is 20.3 Å². The maximum atomic E-state index is 11.2. The van der Waals surface area contributed by atoms with Gasteiger partial charge in [0.15, 0.2) is 0 Å². The fourth-order valence-electron chi connectivity index (χ4n) is 0.826. The van der Waals surface area contributed by atoms with Crippen LogP contribution in [-0.2, 0) is 9.59 Å². The molecule has 0 saturated carbocycles. The van der Waals surface area contributed by atoms with Crippen LogP contribution in [0.5, 0.6) is 0 Å². The molecule has 0 fully saturated rings. The topological polar surface area (TPSA) is 130 Å². The molecule has 0 aliphatic carbocycles. The van der Waals surface area contributed by atoms with Gasteiger partial charge in [0.2, 0.25) is 5.91 Å². The van der Waals surface area contributed by atoms with Gasteiger partial charge in [-0.2, -0.15) is 0 Å². The third-order valence-corrected chi connectivity index (χ3v) is 2.02. The van der Waals surface area contributed by atoms with Crippen LogP contribution in [0.4, 0.5) is 0 Å². The Hall–Kier alpha value is -0.180. The Balaban J connectivity index is -0.000000709. The quantitative estimate of drug-likeness (QED) is 0.357. The molecule has 7 nitrogen and oxygen atoms in total. The Bertz CT molecular complexity index is 247. The molecule has 1 unspecified atom stereocenters. The predicted octanol–water partition coefficient (Wildman–Crippen LogP) is -5.77. The van der Waals surface area contributed by atoms with Gasteiger partial charge in [0.25, 0.3) is 0 Å². The molecule has 0 bridgehead atoms. The Morgan fingerprint density at radius 3 is 2.11 bits per heavy atom. The average Bonchev–Trinajstić information content (AvgIpc) is 2.30. The monoisotopic (exact) mass is 273 g/mol. The summed E-state index contributed by atoms with van der Waals surface area (Å²) in [6.45, 7) is 2.60. The summed E-state index contributed by atoms with van der Waals surface area (Å²) in [6.07, 6.45) is -1.68. The molecule has 18 heavy (non-hydrogen) atoms. The second-order valence-corrected chi connectivity index (χ2v) is 3.96. The summed E-state index contributed by atoms with van der Waals surface area (Å²) in [4.78, 5) is 21.3. The average molecular weight is 273 g/mol. The number of amides is 1. The number of aliphatic hydroxyl groups excluding tert-OH is 3. The Morgan fingerprint density at radius 1 is 1.33 bits per heavy atom. The molecule has 1 amide bonds. The third-order valence-electron chi connectivity index (χ3n) is 2.02. The van der Waals surface area contributed by atoms with Gasteiger partial charge >= 0.3 is 29.6 Å². The number of carboxylic acids is 1. The number of rotatable bonds is 6. The summed E-state index contributed by atoms with van der Waals surface area (Å²) in [7, 11) is 1.00. The summed E-state index contributed by atoms with van der Waals surface area (Å²) in [5.74, 6) is -1.97. The van der Waals surface area contributed by atoms with Gasteiger partial charge in [-0.15, -0.1) is 0 Å². The van der Waals surface area contributed by atoms with Crippen LogP contribution in [0.15, 0.2) is 0 Å². The van der Waals surface area contributed by atoms with E-state index in [1.807, 2.05) is 0 Å². The number of hydrogen-bond donors (Lipinski definition) is 4. The van der Waals surface area contributed by atoms with E-state index in [0.29, 0.717) is 0 Å². The van der Waals surface area contributed by atoms with Gasteiger partial charge in [-0.1, -0.05) is 13.8 Å². The maximum absolute atomic E-state index is 11.2. The van der Waals surface area contributed by atoms with Gasteiger partial charge in [0.1, 0.15) is 6.10 Å². The summed E-state index contributed by atoms with van der Waals surface area (Å²) < 4.78 is 0. The van der Waals surface area contributed by atoms with Crippen molar-refractivity contribution in [2.45, 2.75) is 26.4 Å². The van der Waals surface area contributed by atoms with Crippen LogP contribution in [0.25, 0.3) is 0 Å². The van der Waals surface area contributed by atoms with E-state index in [0.717, 1.165) is 7.11 Å². The number of carbonyl (C=O) groups excluding carboxylic acids is 2. The van der Waals surface area contributed by atoms with Gasteiger partial charge in [-0.05, 0) is 0 Å². The van der Waals surface area contributed by atoms with Gasteiger partial charge in [-0.25, -0.2) is 0 Å². The smallest absolute Gasteiger partial charge is 0.550 e. The summed E-state index contributed by atoms with van der Waals surface area (Å²) in [5.41, 5.74) is -0.953. The second kappa shape index (κ2) is 11.9. The van der Waals surface area contributed by atoms with Crippen molar-refractivity contribution in [1.29, 1.82) is 0 Å². The zero-order valence-corrected chi connectivity index (χ0v) is 13.3. The molecule has 8 heteroatoms. The van der Waals surface area contributed by atoms with E-state index in [9.17, 15) is 19.8 Å². The Labute approximate surface area is 128 Å². The molecule has 0 saturated heterocycles. The van der Waals surface area contributed by atoms with Crippen molar-refractivity contribution in [1.82, 2.24) is 5.32 Å². The van der Waals surface area contributed by atoms with E-state index < -0.39 is 23.4 Å². The first-order valence-electron chi connectivity index (χ1n) is 5.02. The van der Waals surface area contributed by atoms with E-state index in [2.05, 4.69) is 5.32 Å². The minimum Gasteiger partial charge on any atom is -0.550 e. The molecule has 0 spiro atoms. The van der Waals surface area contributed by atoms with Crippen LogP contribution in [0.3, 0.4) is 0 Å². The Morgan fingerprint density at radius 2 is 1.78 bits per heavy atom. The van der Waals surface area contributed by atoms with Crippen molar-refractivity contribution < 1.29 is 59.6 Å². The number of hydrogen-bond acceptors (Lipinski definition) is 6. The normalized spacial score (nSPS) is 11.4. The molecular weight excluding hydrogens is 253 g/mol. The first-order chi connectivity index (χ1) is 7.81. The van der Waals surface area contributed by atoms with E-state index in [1.54, 1.807) is 0 Å². The van der Waals surface area contributed by atoms with Crippen LogP contribution in [0.1, 0.15) is 20.3 Å². The van der Waals surface area contributed by atoms with Crippen molar-refractivity contribution in [3.63, 3.8) is 0 Å². The van der Waals surface area contributed by atoms with Crippen molar-refractivity contribution in [3.8, 4) is 0 Å². The molecule has 0 aliphatic rings. The molecule has 102 valence electrons. The SMILES string of the molecule is CC(C)(CO)C(O)C(=O)NCCC(=O)[O-].CO.[Na+]. The first kappa shape index (κ1) is 23.0. The second-order valence-electron chi connectivity index (χ2n) is 3.96.